The minimum atomic E-state index is -0.975. The van der Waals surface area contributed by atoms with E-state index in [1.807, 2.05) is 0 Å². The fraction of sp³-hybridized carbons (Fsp3) is 0.143. The minimum absolute atomic E-state index is 0.206. The summed E-state index contributed by atoms with van der Waals surface area (Å²) in [5.74, 6) is -0.746. The van der Waals surface area contributed by atoms with Crippen molar-refractivity contribution in [1.82, 2.24) is 4.98 Å². The maximum atomic E-state index is 10.5. The molecule has 58 valence electrons. The van der Waals surface area contributed by atoms with Crippen LogP contribution in [0.3, 0.4) is 0 Å². The summed E-state index contributed by atoms with van der Waals surface area (Å²) >= 11 is 0. The second-order valence-corrected chi connectivity index (χ2v) is 2.23. The number of rotatable bonds is 1. The third kappa shape index (κ3) is 1.46. The highest BCUT2D eigenvalue weighted by molar-refractivity contribution is 5.89. The predicted molar refractivity (Wildman–Crippen MR) is 40.3 cm³/mol. The first kappa shape index (κ1) is 7.53. The van der Waals surface area contributed by atoms with Crippen molar-refractivity contribution in [3.8, 4) is 0 Å². The van der Waals surface area contributed by atoms with Crippen LogP contribution in [0.5, 0.6) is 0 Å². The van der Waals surface area contributed by atoms with Crippen LogP contribution >= 0.6 is 0 Å². The van der Waals surface area contributed by atoms with E-state index in [-0.39, 0.29) is 11.4 Å². The Morgan fingerprint density at radius 1 is 1.73 bits per heavy atom. The van der Waals surface area contributed by atoms with E-state index in [1.165, 1.54) is 12.3 Å². The number of hydrogen-bond acceptors (Lipinski definition) is 3. The lowest BCUT2D eigenvalue weighted by molar-refractivity contribution is 0.0696. The fourth-order valence-corrected chi connectivity index (χ4v) is 0.770. The Balaban J connectivity index is 3.23. The average Bonchev–Trinajstić information content (AvgIpc) is 1.94. The van der Waals surface area contributed by atoms with Gasteiger partial charge in [-0.25, -0.2) is 9.78 Å². The van der Waals surface area contributed by atoms with Crippen LogP contribution in [0.2, 0.25) is 0 Å². The van der Waals surface area contributed by atoms with Gasteiger partial charge in [-0.05, 0) is 18.6 Å². The standard InChI is InChI=1S/C7H8N2O2/c1-4-3-9-6(8)2-5(4)7(10)11/h2-3H,1H3,(H2,8,9)(H,10,11). The van der Waals surface area contributed by atoms with E-state index in [4.69, 9.17) is 10.8 Å². The zero-order chi connectivity index (χ0) is 8.43. The number of pyridine rings is 1. The summed E-state index contributed by atoms with van der Waals surface area (Å²) in [4.78, 5) is 14.2. The van der Waals surface area contributed by atoms with Crippen LogP contribution in [-0.2, 0) is 0 Å². The first-order valence-electron chi connectivity index (χ1n) is 3.06. The summed E-state index contributed by atoms with van der Waals surface area (Å²) in [7, 11) is 0. The number of aromatic nitrogens is 1. The van der Waals surface area contributed by atoms with Gasteiger partial charge in [0, 0.05) is 6.20 Å². The lowest BCUT2D eigenvalue weighted by atomic mass is 10.1. The molecule has 11 heavy (non-hydrogen) atoms. The Morgan fingerprint density at radius 3 is 2.82 bits per heavy atom. The Bertz CT molecular complexity index is 296. The number of nitrogens with zero attached hydrogens (tertiary/aromatic N) is 1. The predicted octanol–water partition coefficient (Wildman–Crippen LogP) is 0.670. The first-order valence-corrected chi connectivity index (χ1v) is 3.06. The third-order valence-corrected chi connectivity index (χ3v) is 1.35. The highest BCUT2D eigenvalue weighted by Gasteiger charge is 2.06. The van der Waals surface area contributed by atoms with E-state index in [2.05, 4.69) is 4.98 Å². The van der Waals surface area contributed by atoms with Crippen molar-refractivity contribution in [3.63, 3.8) is 0 Å². The molecule has 3 N–H and O–H groups in total. The number of hydrogen-bond donors (Lipinski definition) is 2. The molecule has 0 aliphatic rings. The van der Waals surface area contributed by atoms with Gasteiger partial charge in [-0.15, -0.1) is 0 Å². The number of aromatic carboxylic acids is 1. The molecule has 0 aliphatic heterocycles. The molecule has 4 nitrogen and oxygen atoms in total. The minimum Gasteiger partial charge on any atom is -0.478 e. The second kappa shape index (κ2) is 2.57. The molecule has 0 fully saturated rings. The summed E-state index contributed by atoms with van der Waals surface area (Å²) in [6.07, 6.45) is 1.44. The number of anilines is 1. The molecule has 0 saturated carbocycles. The van der Waals surface area contributed by atoms with Gasteiger partial charge in [-0.3, -0.25) is 0 Å². The summed E-state index contributed by atoms with van der Waals surface area (Å²) in [5.41, 5.74) is 6.11. The lowest BCUT2D eigenvalue weighted by Gasteiger charge is -1.99. The number of nitrogen functional groups attached to an aromatic ring is 1. The summed E-state index contributed by atoms with van der Waals surface area (Å²) in [6, 6.07) is 1.34. The summed E-state index contributed by atoms with van der Waals surface area (Å²) in [5, 5.41) is 8.61. The average molecular weight is 152 g/mol. The Kier molecular flexibility index (Phi) is 1.76. The van der Waals surface area contributed by atoms with Crippen molar-refractivity contribution in [1.29, 1.82) is 0 Å². The highest BCUT2D eigenvalue weighted by atomic mass is 16.4. The van der Waals surface area contributed by atoms with Gasteiger partial charge in [0.1, 0.15) is 5.82 Å². The molecule has 4 heteroatoms. The smallest absolute Gasteiger partial charge is 0.336 e. The van der Waals surface area contributed by atoms with Crippen LogP contribution in [0.4, 0.5) is 5.82 Å². The SMILES string of the molecule is Cc1cnc(N)cc1C(=O)O. The van der Waals surface area contributed by atoms with Crippen LogP contribution in [0.25, 0.3) is 0 Å². The maximum absolute atomic E-state index is 10.5. The summed E-state index contributed by atoms with van der Waals surface area (Å²) < 4.78 is 0. The molecule has 0 saturated heterocycles. The molecule has 1 rings (SSSR count). The van der Waals surface area contributed by atoms with Crippen molar-refractivity contribution < 1.29 is 9.90 Å². The normalized spacial score (nSPS) is 9.55. The molecule has 0 amide bonds. The van der Waals surface area contributed by atoms with Gasteiger partial charge < -0.3 is 10.8 Å². The molecule has 0 unspecified atom stereocenters. The number of carboxylic acids is 1. The lowest BCUT2D eigenvalue weighted by Crippen LogP contribution is -2.02. The molecule has 0 atom stereocenters. The number of aryl methyl sites for hydroxylation is 1. The molecular formula is C7H8N2O2. The third-order valence-electron chi connectivity index (χ3n) is 1.35. The Hall–Kier alpha value is -1.58. The number of nitrogens with two attached hydrogens (primary N) is 1. The van der Waals surface area contributed by atoms with Crippen molar-refractivity contribution >= 4 is 11.8 Å². The second-order valence-electron chi connectivity index (χ2n) is 2.23. The van der Waals surface area contributed by atoms with Gasteiger partial charge in [0.2, 0.25) is 0 Å². The van der Waals surface area contributed by atoms with Crippen LogP contribution in [0.1, 0.15) is 15.9 Å². The quantitative estimate of drug-likeness (QED) is 0.620. The van der Waals surface area contributed by atoms with Crippen molar-refractivity contribution in [2.24, 2.45) is 0 Å². The Morgan fingerprint density at radius 2 is 2.36 bits per heavy atom. The monoisotopic (exact) mass is 152 g/mol. The van der Waals surface area contributed by atoms with Gasteiger partial charge in [-0.1, -0.05) is 0 Å². The van der Waals surface area contributed by atoms with E-state index < -0.39 is 5.97 Å². The van der Waals surface area contributed by atoms with Gasteiger partial charge in [0.15, 0.2) is 0 Å². The molecule has 1 aromatic heterocycles. The first-order chi connectivity index (χ1) is 5.11. The maximum Gasteiger partial charge on any atom is 0.336 e. The van der Waals surface area contributed by atoms with Crippen LogP contribution in [-0.4, -0.2) is 16.1 Å². The Labute approximate surface area is 63.7 Å². The van der Waals surface area contributed by atoms with Crippen LogP contribution < -0.4 is 5.73 Å². The molecule has 1 heterocycles. The largest absolute Gasteiger partial charge is 0.478 e. The molecule has 0 aromatic carbocycles. The molecule has 0 bridgehead atoms. The summed E-state index contributed by atoms with van der Waals surface area (Å²) in [6.45, 7) is 1.68. The topological polar surface area (TPSA) is 76.2 Å². The van der Waals surface area contributed by atoms with E-state index in [0.29, 0.717) is 5.56 Å². The van der Waals surface area contributed by atoms with Gasteiger partial charge in [0.05, 0.1) is 5.56 Å². The molecule has 1 aromatic rings. The van der Waals surface area contributed by atoms with E-state index in [9.17, 15) is 4.79 Å². The zero-order valence-corrected chi connectivity index (χ0v) is 6.03. The number of carbonyl (C=O) groups is 1. The van der Waals surface area contributed by atoms with Gasteiger partial charge in [0.25, 0.3) is 0 Å². The van der Waals surface area contributed by atoms with Crippen LogP contribution in [0.15, 0.2) is 12.3 Å². The van der Waals surface area contributed by atoms with Crippen molar-refractivity contribution in [3.05, 3.63) is 23.4 Å². The fourth-order valence-electron chi connectivity index (χ4n) is 0.770. The van der Waals surface area contributed by atoms with Gasteiger partial charge in [-0.2, -0.15) is 0 Å². The van der Waals surface area contributed by atoms with E-state index in [1.54, 1.807) is 6.92 Å². The molecule has 0 aliphatic carbocycles. The number of carboxylic acid groups (broad SMARTS) is 1. The van der Waals surface area contributed by atoms with Crippen LogP contribution in [0, 0.1) is 6.92 Å². The van der Waals surface area contributed by atoms with E-state index >= 15 is 0 Å². The molecule has 0 radical (unpaired) electrons. The molecular weight excluding hydrogens is 144 g/mol. The highest BCUT2D eigenvalue weighted by Crippen LogP contribution is 2.08. The van der Waals surface area contributed by atoms with E-state index in [0.717, 1.165) is 0 Å². The zero-order valence-electron chi connectivity index (χ0n) is 6.03. The van der Waals surface area contributed by atoms with Gasteiger partial charge >= 0.3 is 5.97 Å². The molecule has 0 spiro atoms. The van der Waals surface area contributed by atoms with Crippen molar-refractivity contribution in [2.75, 3.05) is 5.73 Å². The van der Waals surface area contributed by atoms with Crippen molar-refractivity contribution in [2.45, 2.75) is 6.92 Å².